The van der Waals surface area contributed by atoms with E-state index in [9.17, 15) is 4.79 Å². The Bertz CT molecular complexity index is 329. The molecule has 5 nitrogen and oxygen atoms in total. The number of hydrazine groups is 1. The van der Waals surface area contributed by atoms with Crippen LogP contribution in [0, 0.1) is 0 Å². The number of carbonyl (C=O) groups excluding carboxylic acids is 1. The largest absolute Gasteiger partial charge is 0.306 e. The van der Waals surface area contributed by atoms with Crippen molar-refractivity contribution in [2.75, 3.05) is 20.1 Å². The Balaban J connectivity index is 2.13. The Kier molecular flexibility index (Phi) is 6.21. The van der Waals surface area contributed by atoms with Crippen LogP contribution in [0.3, 0.4) is 0 Å². The maximum absolute atomic E-state index is 10.9. The Hall–Kier alpha value is -1.46. The summed E-state index contributed by atoms with van der Waals surface area (Å²) in [6.45, 7) is 1.88. The summed E-state index contributed by atoms with van der Waals surface area (Å²) >= 11 is 0. The highest BCUT2D eigenvalue weighted by Crippen LogP contribution is 2.00. The lowest BCUT2D eigenvalue weighted by molar-refractivity contribution is -0.121. The first-order chi connectivity index (χ1) is 8.22. The number of nitrogens with one attached hydrogen (secondary N) is 1. The third-order valence-electron chi connectivity index (χ3n) is 2.64. The van der Waals surface area contributed by atoms with E-state index in [0.717, 1.165) is 25.9 Å². The normalized spacial score (nSPS) is 10.5. The van der Waals surface area contributed by atoms with Crippen molar-refractivity contribution >= 4 is 5.91 Å². The molecule has 5 heteroatoms. The third-order valence-corrected chi connectivity index (χ3v) is 2.64. The number of hydrogen-bond donors (Lipinski definition) is 2. The number of pyridine rings is 1. The van der Waals surface area contributed by atoms with Crippen molar-refractivity contribution in [3.05, 3.63) is 30.1 Å². The van der Waals surface area contributed by atoms with E-state index in [0.29, 0.717) is 6.42 Å². The maximum Gasteiger partial charge on any atom is 0.233 e. The Morgan fingerprint density at radius 2 is 2.12 bits per heavy atom. The SMILES string of the molecule is CN(CCCC(=O)NN)CCc1ccncc1. The van der Waals surface area contributed by atoms with Gasteiger partial charge in [0, 0.05) is 25.4 Å². The minimum absolute atomic E-state index is 0.104. The summed E-state index contributed by atoms with van der Waals surface area (Å²) in [6, 6.07) is 4.05. The molecule has 0 unspecified atom stereocenters. The first-order valence-electron chi connectivity index (χ1n) is 5.79. The van der Waals surface area contributed by atoms with Crippen LogP contribution in [-0.4, -0.2) is 35.9 Å². The lowest BCUT2D eigenvalue weighted by atomic mass is 10.2. The van der Waals surface area contributed by atoms with E-state index in [-0.39, 0.29) is 5.91 Å². The van der Waals surface area contributed by atoms with Crippen molar-refractivity contribution in [1.82, 2.24) is 15.3 Å². The molecule has 0 saturated carbocycles. The first-order valence-corrected chi connectivity index (χ1v) is 5.79. The fraction of sp³-hybridized carbons (Fsp3) is 0.500. The van der Waals surface area contributed by atoms with Crippen LogP contribution in [0.4, 0.5) is 0 Å². The molecule has 1 rings (SSSR count). The van der Waals surface area contributed by atoms with Crippen molar-refractivity contribution in [1.29, 1.82) is 0 Å². The number of hydrogen-bond acceptors (Lipinski definition) is 4. The lowest BCUT2D eigenvalue weighted by Gasteiger charge is -2.15. The minimum atomic E-state index is -0.104. The van der Waals surface area contributed by atoms with E-state index < -0.39 is 0 Å². The monoisotopic (exact) mass is 236 g/mol. The van der Waals surface area contributed by atoms with Gasteiger partial charge >= 0.3 is 0 Å². The predicted molar refractivity (Wildman–Crippen MR) is 67.0 cm³/mol. The molecule has 0 spiro atoms. The molecule has 1 heterocycles. The molecule has 0 aromatic carbocycles. The van der Waals surface area contributed by atoms with Crippen LogP contribution in [0.2, 0.25) is 0 Å². The van der Waals surface area contributed by atoms with Gasteiger partial charge in [0.15, 0.2) is 0 Å². The van der Waals surface area contributed by atoms with Gasteiger partial charge in [-0.1, -0.05) is 0 Å². The van der Waals surface area contributed by atoms with E-state index in [1.807, 2.05) is 12.1 Å². The fourth-order valence-electron chi connectivity index (χ4n) is 1.56. The lowest BCUT2D eigenvalue weighted by Crippen LogP contribution is -2.31. The van der Waals surface area contributed by atoms with Crippen LogP contribution in [0.15, 0.2) is 24.5 Å². The summed E-state index contributed by atoms with van der Waals surface area (Å²) in [5.74, 6) is 4.90. The molecule has 0 radical (unpaired) electrons. The van der Waals surface area contributed by atoms with Crippen LogP contribution in [0.1, 0.15) is 18.4 Å². The highest BCUT2D eigenvalue weighted by Gasteiger charge is 2.02. The van der Waals surface area contributed by atoms with Crippen LogP contribution in [0.25, 0.3) is 0 Å². The summed E-state index contributed by atoms with van der Waals surface area (Å²) in [7, 11) is 2.06. The van der Waals surface area contributed by atoms with E-state index in [4.69, 9.17) is 5.84 Å². The average Bonchev–Trinajstić information content (AvgIpc) is 2.37. The molecule has 1 aromatic rings. The Morgan fingerprint density at radius 3 is 2.76 bits per heavy atom. The van der Waals surface area contributed by atoms with Gasteiger partial charge in [0.2, 0.25) is 5.91 Å². The summed E-state index contributed by atoms with van der Waals surface area (Å²) < 4.78 is 0. The van der Waals surface area contributed by atoms with Gasteiger partial charge in [0.05, 0.1) is 0 Å². The molecule has 0 aliphatic rings. The molecule has 0 aliphatic heterocycles. The van der Waals surface area contributed by atoms with Gasteiger partial charge < -0.3 is 4.90 Å². The maximum atomic E-state index is 10.9. The average molecular weight is 236 g/mol. The van der Waals surface area contributed by atoms with Gasteiger partial charge in [-0.05, 0) is 44.1 Å². The van der Waals surface area contributed by atoms with Crippen molar-refractivity contribution in [2.45, 2.75) is 19.3 Å². The quantitative estimate of drug-likeness (QED) is 0.406. The third kappa shape index (κ3) is 5.99. The second-order valence-corrected chi connectivity index (χ2v) is 4.08. The van der Waals surface area contributed by atoms with Crippen molar-refractivity contribution in [3.63, 3.8) is 0 Å². The van der Waals surface area contributed by atoms with Crippen molar-refractivity contribution in [2.24, 2.45) is 5.84 Å². The molecule has 0 aliphatic carbocycles. The number of carbonyl (C=O) groups is 1. The molecule has 0 fully saturated rings. The highest BCUT2D eigenvalue weighted by atomic mass is 16.2. The highest BCUT2D eigenvalue weighted by molar-refractivity contribution is 5.75. The summed E-state index contributed by atoms with van der Waals surface area (Å²) in [5, 5.41) is 0. The molecule has 94 valence electrons. The van der Waals surface area contributed by atoms with Gasteiger partial charge in [0.1, 0.15) is 0 Å². The standard InChI is InChI=1S/C12H20N4O/c1-16(9-2-3-12(17)15-13)10-6-11-4-7-14-8-5-11/h4-5,7-8H,2-3,6,9-10,13H2,1H3,(H,15,17). The summed E-state index contributed by atoms with van der Waals surface area (Å²) in [5.41, 5.74) is 3.42. The van der Waals surface area contributed by atoms with E-state index in [1.165, 1.54) is 5.56 Å². The van der Waals surface area contributed by atoms with Gasteiger partial charge in [-0.25, -0.2) is 5.84 Å². The molecule has 0 atom stereocenters. The number of rotatable bonds is 7. The molecule has 0 saturated heterocycles. The molecule has 1 amide bonds. The van der Waals surface area contributed by atoms with Crippen LogP contribution in [0.5, 0.6) is 0 Å². The summed E-state index contributed by atoms with van der Waals surface area (Å²) in [6.07, 6.45) is 5.93. The van der Waals surface area contributed by atoms with E-state index in [2.05, 4.69) is 22.4 Å². The van der Waals surface area contributed by atoms with Gasteiger partial charge in [-0.15, -0.1) is 0 Å². The van der Waals surface area contributed by atoms with Crippen molar-refractivity contribution < 1.29 is 4.79 Å². The molecular formula is C12H20N4O. The topological polar surface area (TPSA) is 71.2 Å². The van der Waals surface area contributed by atoms with E-state index >= 15 is 0 Å². The Labute approximate surface area is 102 Å². The van der Waals surface area contributed by atoms with Crippen LogP contribution >= 0.6 is 0 Å². The first kappa shape index (κ1) is 13.6. The number of amides is 1. The minimum Gasteiger partial charge on any atom is -0.306 e. The van der Waals surface area contributed by atoms with Gasteiger partial charge in [-0.3, -0.25) is 15.2 Å². The Morgan fingerprint density at radius 1 is 1.41 bits per heavy atom. The van der Waals surface area contributed by atoms with Gasteiger partial charge in [0.25, 0.3) is 0 Å². The molecule has 0 bridgehead atoms. The zero-order valence-corrected chi connectivity index (χ0v) is 10.2. The second-order valence-electron chi connectivity index (χ2n) is 4.08. The molecule has 1 aromatic heterocycles. The molecule has 3 N–H and O–H groups in total. The zero-order chi connectivity index (χ0) is 12.5. The second kappa shape index (κ2) is 7.76. The zero-order valence-electron chi connectivity index (χ0n) is 10.2. The summed E-state index contributed by atoms with van der Waals surface area (Å²) in [4.78, 5) is 17.1. The number of nitrogens with zero attached hydrogens (tertiary/aromatic N) is 2. The fourth-order valence-corrected chi connectivity index (χ4v) is 1.56. The molecular weight excluding hydrogens is 216 g/mol. The van der Waals surface area contributed by atoms with Crippen LogP contribution < -0.4 is 11.3 Å². The number of likely N-dealkylation sites (N-methyl/N-ethyl adjacent to an activating group) is 1. The van der Waals surface area contributed by atoms with Gasteiger partial charge in [-0.2, -0.15) is 0 Å². The predicted octanol–water partition coefficient (Wildman–Crippen LogP) is 0.326. The smallest absolute Gasteiger partial charge is 0.233 e. The van der Waals surface area contributed by atoms with E-state index in [1.54, 1.807) is 12.4 Å². The molecule has 17 heavy (non-hydrogen) atoms. The van der Waals surface area contributed by atoms with Crippen molar-refractivity contribution in [3.8, 4) is 0 Å². The number of aromatic nitrogens is 1. The number of nitrogens with two attached hydrogens (primary N) is 1. The van der Waals surface area contributed by atoms with Crippen LogP contribution in [-0.2, 0) is 11.2 Å².